The van der Waals surface area contributed by atoms with Gasteiger partial charge in [-0.05, 0) is 135 Å². The van der Waals surface area contributed by atoms with Crippen LogP contribution in [-0.4, -0.2) is 96.7 Å². The van der Waals surface area contributed by atoms with Crippen molar-refractivity contribution in [3.8, 4) is 0 Å². The van der Waals surface area contributed by atoms with Crippen LogP contribution >= 0.6 is 15.6 Å². The van der Waals surface area contributed by atoms with Crippen LogP contribution in [0.3, 0.4) is 0 Å². The third-order valence-corrected chi connectivity index (χ3v) is 17.5. The van der Waals surface area contributed by atoms with Crippen LogP contribution in [0.1, 0.15) is 297 Å². The van der Waals surface area contributed by atoms with Gasteiger partial charge >= 0.3 is 39.5 Å². The van der Waals surface area contributed by atoms with Crippen LogP contribution in [0, 0.1) is 0 Å². The van der Waals surface area contributed by atoms with Crippen LogP contribution in [0.5, 0.6) is 0 Å². The van der Waals surface area contributed by atoms with E-state index in [-0.39, 0.29) is 25.7 Å². The predicted octanol–water partition coefficient (Wildman–Crippen LogP) is 22.1. The van der Waals surface area contributed by atoms with E-state index >= 15 is 0 Å². The number of hydrogen-bond donors (Lipinski definition) is 3. The van der Waals surface area contributed by atoms with Gasteiger partial charge in [0.15, 0.2) is 12.2 Å². The minimum atomic E-state index is -4.99. The molecule has 0 aliphatic rings. The monoisotopic (exact) mass is 1440 g/mol. The molecule has 0 aromatic rings. The molecule has 5 atom stereocenters. The molecule has 0 amide bonds. The number of allylic oxidation sites excluding steroid dienone is 22. The summed E-state index contributed by atoms with van der Waals surface area (Å²) in [6, 6.07) is 0. The van der Waals surface area contributed by atoms with Crippen molar-refractivity contribution in [2.45, 2.75) is 316 Å². The summed E-state index contributed by atoms with van der Waals surface area (Å²) in [6.07, 6.45) is 80.2. The second-order valence-corrected chi connectivity index (χ2v) is 28.1. The van der Waals surface area contributed by atoms with Gasteiger partial charge < -0.3 is 33.8 Å². The van der Waals surface area contributed by atoms with E-state index in [4.69, 9.17) is 37.0 Å². The molecular weight excluding hydrogens is 1310 g/mol. The highest BCUT2D eigenvalue weighted by molar-refractivity contribution is 7.47. The van der Waals surface area contributed by atoms with Crippen molar-refractivity contribution in [2.75, 3.05) is 39.6 Å². The molecule has 3 N–H and O–H groups in total. The maximum absolute atomic E-state index is 13.1. The molecule has 0 bridgehead atoms. The van der Waals surface area contributed by atoms with E-state index in [2.05, 4.69) is 161 Å². The first-order valence-electron chi connectivity index (χ1n) is 38.4. The van der Waals surface area contributed by atoms with Gasteiger partial charge in [-0.2, -0.15) is 0 Å². The fourth-order valence-electron chi connectivity index (χ4n) is 9.80. The van der Waals surface area contributed by atoms with Crippen LogP contribution < -0.4 is 0 Å². The average Bonchev–Trinajstić information content (AvgIpc) is 1.02. The Morgan fingerprint density at radius 2 is 0.540 bits per heavy atom. The van der Waals surface area contributed by atoms with Crippen molar-refractivity contribution in [3.63, 3.8) is 0 Å². The van der Waals surface area contributed by atoms with E-state index in [1.165, 1.54) is 38.5 Å². The lowest BCUT2D eigenvalue weighted by molar-refractivity contribution is -0.161. The fraction of sp³-hybridized carbons (Fsp3) is 0.679. The molecule has 100 heavy (non-hydrogen) atoms. The van der Waals surface area contributed by atoms with Crippen molar-refractivity contribution in [1.82, 2.24) is 0 Å². The smallest absolute Gasteiger partial charge is 0.462 e. The fourth-order valence-corrected chi connectivity index (χ4v) is 11.4. The Labute approximate surface area is 605 Å². The molecule has 0 rings (SSSR count). The molecule has 0 aliphatic carbocycles. The van der Waals surface area contributed by atoms with Gasteiger partial charge in [-0.15, -0.1) is 0 Å². The van der Waals surface area contributed by atoms with Gasteiger partial charge in [0.2, 0.25) is 0 Å². The first-order chi connectivity index (χ1) is 48.7. The zero-order valence-corrected chi connectivity index (χ0v) is 64.1. The number of aliphatic hydroxyl groups excluding tert-OH is 1. The number of ether oxygens (including phenoxy) is 4. The van der Waals surface area contributed by atoms with Crippen molar-refractivity contribution < 1.29 is 80.2 Å². The third kappa shape index (κ3) is 71.6. The molecule has 0 radical (unpaired) electrons. The number of phosphoric ester groups is 2. The first-order valence-corrected chi connectivity index (χ1v) is 41.4. The summed E-state index contributed by atoms with van der Waals surface area (Å²) >= 11 is 0. The molecule has 572 valence electrons. The van der Waals surface area contributed by atoms with Gasteiger partial charge in [0.25, 0.3) is 0 Å². The molecule has 5 unspecified atom stereocenters. The van der Waals surface area contributed by atoms with E-state index < -0.39 is 97.5 Å². The minimum absolute atomic E-state index is 0.0697. The highest BCUT2D eigenvalue weighted by atomic mass is 31.2. The maximum atomic E-state index is 13.1. The molecule has 17 nitrogen and oxygen atoms in total. The molecule has 0 aliphatic heterocycles. The number of carbonyl (C=O) groups is 4. The molecule has 0 aromatic carbocycles. The number of aliphatic hydroxyl groups is 1. The zero-order valence-electron chi connectivity index (χ0n) is 62.3. The van der Waals surface area contributed by atoms with Crippen LogP contribution in [0.2, 0.25) is 0 Å². The summed E-state index contributed by atoms with van der Waals surface area (Å²) in [5.41, 5.74) is 0. The number of carbonyl (C=O) groups excluding carboxylic acids is 4. The topological polar surface area (TPSA) is 237 Å². The lowest BCUT2D eigenvalue weighted by Crippen LogP contribution is -2.30. The van der Waals surface area contributed by atoms with Crippen LogP contribution in [-0.2, 0) is 65.4 Å². The second-order valence-electron chi connectivity index (χ2n) is 25.2. The number of unbranched alkanes of at least 4 members (excludes halogenated alkanes) is 23. The van der Waals surface area contributed by atoms with Crippen LogP contribution in [0.25, 0.3) is 0 Å². The normalized spacial score (nSPS) is 14.7. The Morgan fingerprint density at radius 3 is 0.850 bits per heavy atom. The maximum Gasteiger partial charge on any atom is 0.472 e. The van der Waals surface area contributed by atoms with E-state index in [1.807, 2.05) is 0 Å². The summed E-state index contributed by atoms with van der Waals surface area (Å²) in [5, 5.41) is 10.6. The molecule has 0 heterocycles. The van der Waals surface area contributed by atoms with Crippen LogP contribution in [0.4, 0.5) is 0 Å². The Kier molecular flexibility index (Phi) is 69.1. The standard InChI is InChI=1S/C81H136O17P2/c1-5-9-13-17-21-25-29-32-34-36-37-39-41-44-47-50-54-58-62-66-78(83)91-71-76(97-80(85)67-63-59-55-51-45-28-24-20-16-12-8-4)73-95-99(87,88)93-69-75(82)70-94-100(89,90)96-74-77(98-81(86)68-64-60-56-52-48-42-31-27-23-19-15-11-7-3)72-92-79(84)65-61-57-53-49-46-43-40-38-35-33-30-26-22-18-14-10-6-2/h9-10,13-15,19,21-22,25-27,31-35,37,39-40,43-44,47,75-77,82H,5-8,11-12,16-18,20,23-24,28-30,36,38,41-42,45-46,48-74H2,1-4H3,(H,87,88)(H,89,90)/b13-9-,14-10-,19-15-,25-21-,26-22-,31-27-,34-32-,35-33-,39-37-,43-40-,47-44-. The second kappa shape index (κ2) is 72.5. The Balaban J connectivity index is 5.36. The minimum Gasteiger partial charge on any atom is -0.462 e. The van der Waals surface area contributed by atoms with E-state index in [1.54, 1.807) is 0 Å². The lowest BCUT2D eigenvalue weighted by Gasteiger charge is -2.21. The van der Waals surface area contributed by atoms with Gasteiger partial charge in [-0.3, -0.25) is 37.3 Å². The zero-order chi connectivity index (χ0) is 73.2. The van der Waals surface area contributed by atoms with E-state index in [9.17, 15) is 43.2 Å². The summed E-state index contributed by atoms with van der Waals surface area (Å²) in [5.74, 6) is -2.25. The summed E-state index contributed by atoms with van der Waals surface area (Å²) in [6.45, 7) is 4.49. The summed E-state index contributed by atoms with van der Waals surface area (Å²) in [4.78, 5) is 72.8. The number of rotatable bonds is 71. The van der Waals surface area contributed by atoms with Crippen molar-refractivity contribution >= 4 is 39.5 Å². The molecule has 0 aromatic heterocycles. The molecule has 0 saturated heterocycles. The van der Waals surface area contributed by atoms with Crippen molar-refractivity contribution in [1.29, 1.82) is 0 Å². The molecule has 0 fully saturated rings. The van der Waals surface area contributed by atoms with Gasteiger partial charge in [-0.1, -0.05) is 271 Å². The Morgan fingerprint density at radius 1 is 0.290 bits per heavy atom. The number of esters is 4. The SMILES string of the molecule is CC/C=C\C/C=C\C/C=C\C/C=C\C/C=C\CCCCCC(=O)OCC(COP(=O)(O)OCC(O)COP(=O)(O)OCC(COC(=O)CCCCCC/C=C\C/C=C\C/C=C\C/C=C\CC)OC(=O)CCCCCCC/C=C\C/C=C\CCC)OC(=O)CCCCCCCCCCCCC. The third-order valence-electron chi connectivity index (χ3n) is 15.6. The number of phosphoric acid groups is 2. The summed E-state index contributed by atoms with van der Waals surface area (Å²) in [7, 11) is -9.97. The molecular formula is C81H136O17P2. The Bertz CT molecular complexity index is 2420. The highest BCUT2D eigenvalue weighted by Gasteiger charge is 2.30. The van der Waals surface area contributed by atoms with Gasteiger partial charge in [0.1, 0.15) is 19.3 Å². The molecule has 19 heteroatoms. The lowest BCUT2D eigenvalue weighted by atomic mass is 10.1. The summed E-state index contributed by atoms with van der Waals surface area (Å²) < 4.78 is 68.4. The van der Waals surface area contributed by atoms with Gasteiger partial charge in [0, 0.05) is 25.7 Å². The van der Waals surface area contributed by atoms with Gasteiger partial charge in [-0.25, -0.2) is 9.13 Å². The van der Waals surface area contributed by atoms with Crippen LogP contribution in [0.15, 0.2) is 134 Å². The first kappa shape index (κ1) is 95.2. The quantitative estimate of drug-likeness (QED) is 0.0169. The van der Waals surface area contributed by atoms with E-state index in [0.29, 0.717) is 25.7 Å². The van der Waals surface area contributed by atoms with Crippen molar-refractivity contribution in [3.05, 3.63) is 134 Å². The highest BCUT2D eigenvalue weighted by Crippen LogP contribution is 2.45. The largest absolute Gasteiger partial charge is 0.472 e. The predicted molar refractivity (Wildman–Crippen MR) is 408 cm³/mol. The average molecular weight is 1440 g/mol. The van der Waals surface area contributed by atoms with E-state index in [0.717, 1.165) is 180 Å². The molecule has 0 spiro atoms. The molecule has 0 saturated carbocycles. The number of hydrogen-bond acceptors (Lipinski definition) is 15. The Hall–Kier alpha value is -4.80. The van der Waals surface area contributed by atoms with Gasteiger partial charge in [0.05, 0.1) is 26.4 Å². The van der Waals surface area contributed by atoms with Crippen molar-refractivity contribution in [2.24, 2.45) is 0 Å².